The highest BCUT2D eigenvalue weighted by Gasteiger charge is 2.29. The quantitative estimate of drug-likeness (QED) is 0.816. The van der Waals surface area contributed by atoms with Crippen molar-refractivity contribution in [3.05, 3.63) is 35.4 Å². The van der Waals surface area contributed by atoms with Crippen molar-refractivity contribution in [1.82, 2.24) is 5.32 Å². The summed E-state index contributed by atoms with van der Waals surface area (Å²) in [5.74, 6) is 0.567. The summed E-state index contributed by atoms with van der Waals surface area (Å²) in [6, 6.07) is 5.94. The van der Waals surface area contributed by atoms with E-state index in [0.717, 1.165) is 37.0 Å². The molecule has 4 heteroatoms. The minimum atomic E-state index is -4.24. The zero-order valence-electron chi connectivity index (χ0n) is 11.7. The fourth-order valence-electron chi connectivity index (χ4n) is 2.20. The van der Waals surface area contributed by atoms with Gasteiger partial charge < -0.3 is 5.32 Å². The Labute approximate surface area is 113 Å². The number of hydrogen-bond donors (Lipinski definition) is 1. The highest BCUT2D eigenvalue weighted by molar-refractivity contribution is 5.24. The van der Waals surface area contributed by atoms with Crippen molar-refractivity contribution in [3.8, 4) is 0 Å². The normalized spacial score (nSPS) is 13.8. The second kappa shape index (κ2) is 6.94. The lowest BCUT2D eigenvalue weighted by Gasteiger charge is -2.19. The Morgan fingerprint density at radius 3 is 2.11 bits per heavy atom. The molecule has 1 aromatic rings. The van der Waals surface area contributed by atoms with E-state index in [1.807, 2.05) is 7.05 Å². The third kappa shape index (κ3) is 5.23. The lowest BCUT2D eigenvalue weighted by Crippen LogP contribution is -2.30. The molecular weight excluding hydrogens is 251 g/mol. The van der Waals surface area contributed by atoms with Gasteiger partial charge in [-0.05, 0) is 49.9 Å². The first-order valence-electron chi connectivity index (χ1n) is 6.68. The number of hydrogen-bond acceptors (Lipinski definition) is 1. The fraction of sp³-hybridized carbons (Fsp3) is 0.600. The van der Waals surface area contributed by atoms with Gasteiger partial charge in [0.05, 0.1) is 5.56 Å². The van der Waals surface area contributed by atoms with Crippen molar-refractivity contribution in [2.75, 3.05) is 7.05 Å². The first-order valence-corrected chi connectivity index (χ1v) is 6.68. The third-order valence-corrected chi connectivity index (χ3v) is 3.44. The van der Waals surface area contributed by atoms with Crippen LogP contribution in [0.25, 0.3) is 0 Å². The standard InChI is InChI=1S/C15H22F3N/c1-11(2)14(19-3)6-4-5-12-7-9-13(10-8-12)15(16,17)18/h7-11,14,19H,4-6H2,1-3H3. The van der Waals surface area contributed by atoms with Crippen LogP contribution in [-0.2, 0) is 12.6 Å². The van der Waals surface area contributed by atoms with Crippen LogP contribution in [0.3, 0.4) is 0 Å². The zero-order valence-corrected chi connectivity index (χ0v) is 11.7. The third-order valence-electron chi connectivity index (χ3n) is 3.44. The van der Waals surface area contributed by atoms with E-state index in [-0.39, 0.29) is 0 Å². The molecule has 1 nitrogen and oxygen atoms in total. The predicted molar refractivity (Wildman–Crippen MR) is 72.1 cm³/mol. The van der Waals surface area contributed by atoms with Crippen LogP contribution in [0.2, 0.25) is 0 Å². The van der Waals surface area contributed by atoms with E-state index in [2.05, 4.69) is 19.2 Å². The minimum absolute atomic E-state index is 0.467. The Balaban J connectivity index is 2.46. The van der Waals surface area contributed by atoms with Crippen LogP contribution < -0.4 is 5.32 Å². The van der Waals surface area contributed by atoms with E-state index >= 15 is 0 Å². The molecule has 0 aliphatic carbocycles. The van der Waals surface area contributed by atoms with E-state index in [9.17, 15) is 13.2 Å². The predicted octanol–water partition coefficient (Wildman–Crippen LogP) is 4.27. The van der Waals surface area contributed by atoms with Crippen LogP contribution in [0.5, 0.6) is 0 Å². The van der Waals surface area contributed by atoms with Crippen molar-refractivity contribution in [2.24, 2.45) is 5.92 Å². The van der Waals surface area contributed by atoms with Crippen LogP contribution in [0.4, 0.5) is 13.2 Å². The van der Waals surface area contributed by atoms with Crippen molar-refractivity contribution < 1.29 is 13.2 Å². The van der Waals surface area contributed by atoms with Gasteiger partial charge >= 0.3 is 6.18 Å². The summed E-state index contributed by atoms with van der Waals surface area (Å²) in [6.45, 7) is 4.33. The Morgan fingerprint density at radius 2 is 1.68 bits per heavy atom. The molecule has 0 heterocycles. The van der Waals surface area contributed by atoms with Crippen LogP contribution in [0, 0.1) is 5.92 Å². The molecule has 0 aromatic heterocycles. The van der Waals surface area contributed by atoms with Crippen LogP contribution in [0.15, 0.2) is 24.3 Å². The molecule has 0 saturated heterocycles. The van der Waals surface area contributed by atoms with Crippen molar-refractivity contribution >= 4 is 0 Å². The summed E-state index contributed by atoms with van der Waals surface area (Å²) >= 11 is 0. The SMILES string of the molecule is CNC(CCCc1ccc(C(F)(F)F)cc1)C(C)C. The second-order valence-electron chi connectivity index (χ2n) is 5.23. The molecular formula is C15H22F3N. The van der Waals surface area contributed by atoms with Crippen molar-refractivity contribution in [1.29, 1.82) is 0 Å². The van der Waals surface area contributed by atoms with Crippen molar-refractivity contribution in [3.63, 3.8) is 0 Å². The molecule has 1 unspecified atom stereocenters. The van der Waals surface area contributed by atoms with Crippen LogP contribution in [-0.4, -0.2) is 13.1 Å². The summed E-state index contributed by atoms with van der Waals surface area (Å²) in [5, 5.41) is 3.27. The molecule has 0 saturated carbocycles. The molecule has 19 heavy (non-hydrogen) atoms. The molecule has 0 spiro atoms. The van der Waals surface area contributed by atoms with E-state index < -0.39 is 11.7 Å². The molecule has 0 amide bonds. The Kier molecular flexibility index (Phi) is 5.85. The molecule has 1 N–H and O–H groups in total. The summed E-state index contributed by atoms with van der Waals surface area (Å²) in [6.07, 6.45) is -1.40. The van der Waals surface area contributed by atoms with Crippen molar-refractivity contribution in [2.45, 2.75) is 45.3 Å². The van der Waals surface area contributed by atoms with E-state index in [1.54, 1.807) is 12.1 Å². The van der Waals surface area contributed by atoms with Gasteiger partial charge in [-0.25, -0.2) is 0 Å². The average Bonchev–Trinajstić information content (AvgIpc) is 2.33. The van der Waals surface area contributed by atoms with Gasteiger partial charge in [0.25, 0.3) is 0 Å². The lowest BCUT2D eigenvalue weighted by atomic mass is 9.97. The van der Waals surface area contributed by atoms with Gasteiger partial charge in [0.1, 0.15) is 0 Å². The molecule has 0 bridgehead atoms. The summed E-state index contributed by atoms with van der Waals surface area (Å²) in [7, 11) is 1.95. The first kappa shape index (κ1) is 16.0. The molecule has 0 fully saturated rings. The van der Waals surface area contributed by atoms with Gasteiger partial charge in [-0.2, -0.15) is 13.2 Å². The molecule has 1 rings (SSSR count). The Morgan fingerprint density at radius 1 is 1.11 bits per heavy atom. The van der Waals surface area contributed by atoms with Gasteiger partial charge in [-0.3, -0.25) is 0 Å². The summed E-state index contributed by atoms with van der Waals surface area (Å²) in [5.41, 5.74) is 0.387. The number of benzene rings is 1. The second-order valence-corrected chi connectivity index (χ2v) is 5.23. The number of aryl methyl sites for hydroxylation is 1. The van der Waals surface area contributed by atoms with Gasteiger partial charge in [0.15, 0.2) is 0 Å². The molecule has 1 aromatic carbocycles. The fourth-order valence-corrected chi connectivity index (χ4v) is 2.20. The molecule has 0 radical (unpaired) electrons. The smallest absolute Gasteiger partial charge is 0.317 e. The largest absolute Gasteiger partial charge is 0.416 e. The van der Waals surface area contributed by atoms with Gasteiger partial charge in [-0.15, -0.1) is 0 Å². The van der Waals surface area contributed by atoms with Crippen LogP contribution in [0.1, 0.15) is 37.8 Å². The number of halogens is 3. The topological polar surface area (TPSA) is 12.0 Å². The van der Waals surface area contributed by atoms with Crippen LogP contribution >= 0.6 is 0 Å². The number of rotatable bonds is 6. The van der Waals surface area contributed by atoms with E-state index in [4.69, 9.17) is 0 Å². The lowest BCUT2D eigenvalue weighted by molar-refractivity contribution is -0.137. The van der Waals surface area contributed by atoms with E-state index in [0.29, 0.717) is 12.0 Å². The number of nitrogens with one attached hydrogen (secondary N) is 1. The monoisotopic (exact) mass is 273 g/mol. The van der Waals surface area contributed by atoms with Gasteiger partial charge in [0, 0.05) is 6.04 Å². The molecule has 0 aliphatic rings. The molecule has 108 valence electrons. The maximum absolute atomic E-state index is 12.4. The maximum Gasteiger partial charge on any atom is 0.416 e. The highest BCUT2D eigenvalue weighted by atomic mass is 19.4. The highest BCUT2D eigenvalue weighted by Crippen LogP contribution is 2.29. The Bertz CT molecular complexity index is 368. The number of alkyl halides is 3. The van der Waals surface area contributed by atoms with Gasteiger partial charge in [-0.1, -0.05) is 26.0 Å². The van der Waals surface area contributed by atoms with E-state index in [1.165, 1.54) is 0 Å². The van der Waals surface area contributed by atoms with Gasteiger partial charge in [0.2, 0.25) is 0 Å². The zero-order chi connectivity index (χ0) is 14.5. The maximum atomic E-state index is 12.4. The first-order chi connectivity index (χ1) is 8.84. The molecule has 1 atom stereocenters. The summed E-state index contributed by atoms with van der Waals surface area (Å²) < 4.78 is 37.2. The molecule has 0 aliphatic heterocycles. The minimum Gasteiger partial charge on any atom is -0.317 e. The summed E-state index contributed by atoms with van der Waals surface area (Å²) in [4.78, 5) is 0. The average molecular weight is 273 g/mol. The Hall–Kier alpha value is -1.03.